The van der Waals surface area contributed by atoms with Crippen molar-refractivity contribution in [3.63, 3.8) is 0 Å². The Morgan fingerprint density at radius 1 is 1.38 bits per heavy atom. The highest BCUT2D eigenvalue weighted by atomic mass is 32.2. The highest BCUT2D eigenvalue weighted by molar-refractivity contribution is 8.02. The van der Waals surface area contributed by atoms with Gasteiger partial charge in [0.05, 0.1) is 5.03 Å². The third-order valence-electron chi connectivity index (χ3n) is 2.67. The smallest absolute Gasteiger partial charge is 0.0610 e. The largest absolute Gasteiger partial charge is 0.376 e. The molecule has 16 heavy (non-hydrogen) atoms. The van der Waals surface area contributed by atoms with E-state index in [0.717, 1.165) is 17.3 Å². The first kappa shape index (κ1) is 13.2. The monoisotopic (exact) mass is 235 g/mol. The zero-order chi connectivity index (χ0) is 12.0. The Morgan fingerprint density at radius 2 is 2.12 bits per heavy atom. The second kappa shape index (κ2) is 6.64. The van der Waals surface area contributed by atoms with Crippen molar-refractivity contribution in [1.29, 1.82) is 0 Å². The molecule has 0 aliphatic rings. The van der Waals surface area contributed by atoms with Gasteiger partial charge in [0.25, 0.3) is 0 Å². The van der Waals surface area contributed by atoms with E-state index in [1.165, 1.54) is 23.1 Å². The lowest BCUT2D eigenvalue weighted by Gasteiger charge is -2.12. The Balaban J connectivity index is 2.48. The van der Waals surface area contributed by atoms with Crippen LogP contribution in [-0.4, -0.2) is 5.75 Å². The molecule has 0 fully saturated rings. The molecular formula is C14H21NS. The number of thioether (sulfide) groups is 1. The summed E-state index contributed by atoms with van der Waals surface area (Å²) < 4.78 is 0. The molecule has 0 aliphatic heterocycles. The summed E-state index contributed by atoms with van der Waals surface area (Å²) in [6, 6.07) is 6.44. The average Bonchev–Trinajstić information content (AvgIpc) is 2.28. The Hall–Kier alpha value is -0.890. The van der Waals surface area contributed by atoms with Crippen LogP contribution in [-0.2, 0) is 6.54 Å². The van der Waals surface area contributed by atoms with E-state index in [-0.39, 0.29) is 0 Å². The van der Waals surface area contributed by atoms with Crippen molar-refractivity contribution < 1.29 is 0 Å². The van der Waals surface area contributed by atoms with Crippen molar-refractivity contribution in [3.8, 4) is 0 Å². The Bertz CT molecular complexity index is 358. The lowest BCUT2D eigenvalue weighted by atomic mass is 10.0. The summed E-state index contributed by atoms with van der Waals surface area (Å²) in [7, 11) is 0. The maximum Gasteiger partial charge on any atom is 0.0610 e. The molecule has 0 unspecified atom stereocenters. The summed E-state index contributed by atoms with van der Waals surface area (Å²) in [5, 5.41) is 4.44. The van der Waals surface area contributed by atoms with Crippen LogP contribution in [0.3, 0.4) is 0 Å². The Labute approximate surface area is 103 Å². The minimum atomic E-state index is 0.878. The van der Waals surface area contributed by atoms with Crippen molar-refractivity contribution >= 4 is 11.8 Å². The average molecular weight is 235 g/mol. The maximum absolute atomic E-state index is 4.01. The summed E-state index contributed by atoms with van der Waals surface area (Å²) in [5.74, 6) is 1.14. The summed E-state index contributed by atoms with van der Waals surface area (Å²) in [6.07, 6.45) is 1.19. The van der Waals surface area contributed by atoms with Crippen molar-refractivity contribution in [3.05, 3.63) is 46.5 Å². The van der Waals surface area contributed by atoms with Crippen molar-refractivity contribution in [2.24, 2.45) is 0 Å². The molecule has 0 saturated carbocycles. The summed E-state index contributed by atoms with van der Waals surface area (Å²) in [4.78, 5) is 0. The lowest BCUT2D eigenvalue weighted by molar-refractivity contribution is 0.849. The van der Waals surface area contributed by atoms with Gasteiger partial charge < -0.3 is 5.32 Å². The van der Waals surface area contributed by atoms with E-state index in [1.54, 1.807) is 11.8 Å². The number of rotatable bonds is 6. The fourth-order valence-corrected chi connectivity index (χ4v) is 2.10. The first-order valence-electron chi connectivity index (χ1n) is 5.75. The molecule has 0 bridgehead atoms. The van der Waals surface area contributed by atoms with Gasteiger partial charge in [-0.3, -0.25) is 0 Å². The predicted molar refractivity (Wildman–Crippen MR) is 74.6 cm³/mol. The van der Waals surface area contributed by atoms with Gasteiger partial charge in [0.1, 0.15) is 0 Å². The maximum atomic E-state index is 4.01. The normalized spacial score (nSPS) is 10.2. The van der Waals surface area contributed by atoms with E-state index in [0.29, 0.717) is 0 Å². The molecular weight excluding hydrogens is 214 g/mol. The number of nitrogens with one attached hydrogen (secondary N) is 1. The van der Waals surface area contributed by atoms with Crippen LogP contribution in [0.5, 0.6) is 0 Å². The van der Waals surface area contributed by atoms with Crippen LogP contribution < -0.4 is 5.32 Å². The van der Waals surface area contributed by atoms with E-state index < -0.39 is 0 Å². The SMILES string of the molecule is C=C(NCc1cccc(C)c1C)SCCC. The molecule has 1 N–H and O–H groups in total. The van der Waals surface area contributed by atoms with Crippen molar-refractivity contribution in [1.82, 2.24) is 5.32 Å². The minimum absolute atomic E-state index is 0.878. The molecule has 2 heteroatoms. The van der Waals surface area contributed by atoms with E-state index >= 15 is 0 Å². The Kier molecular flexibility index (Phi) is 5.47. The molecule has 0 saturated heterocycles. The zero-order valence-electron chi connectivity index (χ0n) is 10.5. The molecule has 0 spiro atoms. The van der Waals surface area contributed by atoms with Gasteiger partial charge in [-0.05, 0) is 42.7 Å². The highest BCUT2D eigenvalue weighted by Gasteiger charge is 2.00. The van der Waals surface area contributed by atoms with Gasteiger partial charge in [0.15, 0.2) is 0 Å². The van der Waals surface area contributed by atoms with Gasteiger partial charge in [-0.1, -0.05) is 31.7 Å². The van der Waals surface area contributed by atoms with Crippen LogP contribution in [0, 0.1) is 13.8 Å². The third-order valence-corrected chi connectivity index (χ3v) is 3.78. The van der Waals surface area contributed by atoms with Gasteiger partial charge in [-0.15, -0.1) is 11.8 Å². The van der Waals surface area contributed by atoms with Crippen LogP contribution >= 0.6 is 11.8 Å². The second-order valence-corrected chi connectivity index (χ2v) is 5.17. The molecule has 0 heterocycles. The van der Waals surface area contributed by atoms with Crippen LogP contribution in [0.1, 0.15) is 30.0 Å². The lowest BCUT2D eigenvalue weighted by Crippen LogP contribution is -2.11. The molecule has 0 atom stereocenters. The van der Waals surface area contributed by atoms with Crippen molar-refractivity contribution in [2.75, 3.05) is 5.75 Å². The molecule has 0 aliphatic carbocycles. The van der Waals surface area contributed by atoms with E-state index in [2.05, 4.69) is 50.9 Å². The van der Waals surface area contributed by atoms with E-state index in [4.69, 9.17) is 0 Å². The first-order chi connectivity index (χ1) is 7.65. The quantitative estimate of drug-likeness (QED) is 0.799. The van der Waals surface area contributed by atoms with Gasteiger partial charge in [0.2, 0.25) is 0 Å². The molecule has 0 amide bonds. The second-order valence-electron chi connectivity index (χ2n) is 3.98. The van der Waals surface area contributed by atoms with Gasteiger partial charge in [0, 0.05) is 6.54 Å². The van der Waals surface area contributed by atoms with Crippen LogP contribution in [0.4, 0.5) is 0 Å². The molecule has 1 aromatic rings. The molecule has 0 radical (unpaired) electrons. The zero-order valence-corrected chi connectivity index (χ0v) is 11.3. The number of hydrogen-bond acceptors (Lipinski definition) is 2. The topological polar surface area (TPSA) is 12.0 Å². The van der Waals surface area contributed by atoms with Gasteiger partial charge in [-0.25, -0.2) is 0 Å². The predicted octanol–water partition coefficient (Wildman–Crippen LogP) is 4.01. The Morgan fingerprint density at radius 3 is 2.81 bits per heavy atom. The number of aryl methyl sites for hydroxylation is 1. The molecule has 0 aromatic heterocycles. The van der Waals surface area contributed by atoms with E-state index in [1.807, 2.05) is 0 Å². The van der Waals surface area contributed by atoms with Crippen molar-refractivity contribution in [2.45, 2.75) is 33.7 Å². The summed E-state index contributed by atoms with van der Waals surface area (Å²) in [5.41, 5.74) is 4.09. The summed E-state index contributed by atoms with van der Waals surface area (Å²) in [6.45, 7) is 11.4. The van der Waals surface area contributed by atoms with Gasteiger partial charge in [-0.2, -0.15) is 0 Å². The number of benzene rings is 1. The van der Waals surface area contributed by atoms with Crippen LogP contribution in [0.25, 0.3) is 0 Å². The fraction of sp³-hybridized carbons (Fsp3) is 0.429. The van der Waals surface area contributed by atoms with Gasteiger partial charge >= 0.3 is 0 Å². The standard InChI is InChI=1S/C14H21NS/c1-5-9-16-13(4)15-10-14-8-6-7-11(2)12(14)3/h6-8,15H,4-5,9-10H2,1-3H3. The number of hydrogen-bond donors (Lipinski definition) is 1. The molecule has 1 aromatic carbocycles. The highest BCUT2D eigenvalue weighted by Crippen LogP contribution is 2.15. The minimum Gasteiger partial charge on any atom is -0.376 e. The van der Waals surface area contributed by atoms with E-state index in [9.17, 15) is 0 Å². The van der Waals surface area contributed by atoms with Crippen LogP contribution in [0.15, 0.2) is 29.8 Å². The van der Waals surface area contributed by atoms with Crippen LogP contribution in [0.2, 0.25) is 0 Å². The molecule has 1 rings (SSSR count). The fourth-order valence-electron chi connectivity index (χ4n) is 1.47. The first-order valence-corrected chi connectivity index (χ1v) is 6.74. The third kappa shape index (κ3) is 3.93. The molecule has 1 nitrogen and oxygen atoms in total. The summed E-state index contributed by atoms with van der Waals surface area (Å²) >= 11 is 1.80. The molecule has 88 valence electrons.